The van der Waals surface area contributed by atoms with Crippen LogP contribution in [0.25, 0.3) is 0 Å². The maximum Gasteiger partial charge on any atom is 0.347 e. The Morgan fingerprint density at radius 2 is 1.19 bits per heavy atom. The van der Waals surface area contributed by atoms with Crippen molar-refractivity contribution in [2.75, 3.05) is 4.72 Å². The van der Waals surface area contributed by atoms with E-state index in [1.165, 1.54) is 82.7 Å². The number of nitrogens with zero attached hydrogens (tertiary/aromatic N) is 2. The minimum absolute atomic E-state index is 0.491. The van der Waals surface area contributed by atoms with Gasteiger partial charge in [0.2, 0.25) is 7.98 Å². The lowest BCUT2D eigenvalue weighted by Crippen LogP contribution is -2.32. The second kappa shape index (κ2) is 9.82. The molecule has 0 radical (unpaired) electrons. The summed E-state index contributed by atoms with van der Waals surface area (Å²) in [4.78, 5) is 0. The van der Waals surface area contributed by atoms with Gasteiger partial charge < -0.3 is 9.20 Å². The van der Waals surface area contributed by atoms with Crippen molar-refractivity contribution in [3.63, 3.8) is 0 Å². The Hall–Kier alpha value is -1.44. The summed E-state index contributed by atoms with van der Waals surface area (Å²) in [5.74, 6) is 0. The van der Waals surface area contributed by atoms with Crippen LogP contribution in [0.2, 0.25) is 10.6 Å². The van der Waals surface area contributed by atoms with Crippen molar-refractivity contribution in [1.29, 1.82) is 0 Å². The Labute approximate surface area is 200 Å². The molecule has 2 nitrogen and oxygen atoms in total. The molecule has 168 valence electrons. The van der Waals surface area contributed by atoms with Crippen LogP contribution in [0.15, 0.2) is 30.3 Å². The molecule has 0 fully saturated rings. The highest BCUT2D eigenvalue weighted by Crippen LogP contribution is 2.41. The van der Waals surface area contributed by atoms with Gasteiger partial charge in [0.1, 0.15) is 15.7 Å². The molecular formula is C26H42B4N2. The molecule has 2 aliphatic rings. The molecule has 4 rings (SSSR count). The van der Waals surface area contributed by atoms with Gasteiger partial charge in [-0.2, -0.15) is 0 Å². The zero-order chi connectivity index (χ0) is 22.8. The van der Waals surface area contributed by atoms with Crippen molar-refractivity contribution >= 4 is 36.9 Å². The summed E-state index contributed by atoms with van der Waals surface area (Å²) >= 11 is 0. The Bertz CT molecular complexity index is 855. The van der Waals surface area contributed by atoms with Gasteiger partial charge in [0.15, 0.2) is 0 Å². The number of benzene rings is 1. The van der Waals surface area contributed by atoms with Gasteiger partial charge in [-0.15, -0.1) is 0 Å². The van der Waals surface area contributed by atoms with E-state index < -0.39 is 0 Å². The van der Waals surface area contributed by atoms with E-state index in [9.17, 15) is 0 Å². The van der Waals surface area contributed by atoms with Crippen molar-refractivity contribution in [2.24, 2.45) is 0 Å². The Morgan fingerprint density at radius 3 is 1.66 bits per heavy atom. The van der Waals surface area contributed by atoms with E-state index in [-0.39, 0.29) is 0 Å². The van der Waals surface area contributed by atoms with Crippen LogP contribution in [0.3, 0.4) is 0 Å². The molecule has 0 saturated heterocycles. The predicted molar refractivity (Wildman–Crippen MR) is 150 cm³/mol. The van der Waals surface area contributed by atoms with Gasteiger partial charge in [-0.25, -0.2) is 0 Å². The number of hydrogen-bond donors (Lipinski definition) is 0. The molecule has 1 heterocycles. The van der Waals surface area contributed by atoms with Crippen molar-refractivity contribution in [1.82, 2.24) is 4.48 Å². The van der Waals surface area contributed by atoms with Gasteiger partial charge in [0.25, 0.3) is 0 Å². The SMILES string of the molecule is BN(Bn1c2c(c3c1CCCC(B)(C)CCC3)CCCC(B)(C)CCC2)c1ccccc1. The zero-order valence-electron chi connectivity index (χ0n) is 21.5. The highest BCUT2D eigenvalue weighted by Gasteiger charge is 2.28. The largest absolute Gasteiger partial charge is 0.451 e. The quantitative estimate of drug-likeness (QED) is 0.682. The Morgan fingerprint density at radius 1 is 0.750 bits per heavy atom. The molecule has 0 spiro atoms. The standard InChI is InChI=1S/C26H42B4N2/c1-25(27)16-6-12-21-22-13-7-17-26(2,28)19-9-15-24(22)31(23(21)14-8-18-25)30-32(29)20-10-4-3-5-11-20/h3-5,10-11,30H,6-9,12-19,27-29H2,1-2H3. The second-order valence-corrected chi connectivity index (χ2v) is 12.2. The minimum Gasteiger partial charge on any atom is -0.451 e. The molecule has 0 N–H and O–H groups in total. The van der Waals surface area contributed by atoms with E-state index in [0.29, 0.717) is 10.6 Å². The monoisotopic (exact) mass is 426 g/mol. The first-order chi connectivity index (χ1) is 15.3. The van der Waals surface area contributed by atoms with Crippen LogP contribution < -0.4 is 4.72 Å². The third kappa shape index (κ3) is 5.54. The zero-order valence-corrected chi connectivity index (χ0v) is 21.5. The maximum atomic E-state index is 2.77. The lowest BCUT2D eigenvalue weighted by molar-refractivity contribution is 0.488. The topological polar surface area (TPSA) is 8.17 Å². The summed E-state index contributed by atoms with van der Waals surface area (Å²) in [7, 11) is 8.22. The summed E-state index contributed by atoms with van der Waals surface area (Å²) in [5.41, 5.74) is 8.17. The molecular weight excluding hydrogens is 384 g/mol. The Kier molecular flexibility index (Phi) is 7.27. The molecule has 2 aromatic rings. The predicted octanol–water partition coefficient (Wildman–Crippen LogP) is 3.60. The minimum atomic E-state index is 0.491. The number of fused-ring (bicyclic) bond motifs is 3. The molecule has 1 aromatic carbocycles. The summed E-state index contributed by atoms with van der Waals surface area (Å²) in [6.07, 6.45) is 15.8. The van der Waals surface area contributed by atoms with E-state index in [0.717, 1.165) is 7.55 Å². The average molecular weight is 426 g/mol. The molecule has 2 aliphatic carbocycles. The van der Waals surface area contributed by atoms with Crippen molar-refractivity contribution < 1.29 is 0 Å². The van der Waals surface area contributed by atoms with Crippen LogP contribution in [0, 0.1) is 0 Å². The van der Waals surface area contributed by atoms with Crippen molar-refractivity contribution in [3.05, 3.63) is 52.8 Å². The first-order valence-electron chi connectivity index (χ1n) is 13.2. The van der Waals surface area contributed by atoms with Crippen LogP contribution in [-0.2, 0) is 25.7 Å². The van der Waals surface area contributed by atoms with Crippen LogP contribution in [0.1, 0.15) is 87.7 Å². The van der Waals surface area contributed by atoms with E-state index in [2.05, 4.69) is 77.1 Å². The number of anilines is 1. The summed E-state index contributed by atoms with van der Waals surface area (Å²) in [6, 6.07) is 10.9. The van der Waals surface area contributed by atoms with Gasteiger partial charge in [-0.05, 0) is 74.6 Å². The van der Waals surface area contributed by atoms with Gasteiger partial charge >= 0.3 is 7.55 Å². The van der Waals surface area contributed by atoms with Crippen LogP contribution in [-0.4, -0.2) is 35.7 Å². The van der Waals surface area contributed by atoms with Crippen LogP contribution in [0.5, 0.6) is 0 Å². The number of rotatable bonds is 3. The van der Waals surface area contributed by atoms with Crippen LogP contribution in [0.4, 0.5) is 5.69 Å². The fourth-order valence-electron chi connectivity index (χ4n) is 6.35. The Balaban J connectivity index is 1.72. The molecule has 1 aromatic heterocycles. The van der Waals surface area contributed by atoms with E-state index in [1.54, 1.807) is 22.5 Å². The fraction of sp³-hybridized carbons (Fsp3) is 0.615. The van der Waals surface area contributed by atoms with Gasteiger partial charge in [0.05, 0.1) is 0 Å². The lowest BCUT2D eigenvalue weighted by Gasteiger charge is -2.25. The molecule has 32 heavy (non-hydrogen) atoms. The third-order valence-corrected chi connectivity index (χ3v) is 8.36. The molecule has 0 bridgehead atoms. The molecule has 2 atom stereocenters. The van der Waals surface area contributed by atoms with E-state index >= 15 is 0 Å². The summed E-state index contributed by atoms with van der Waals surface area (Å²) < 4.78 is 5.22. The van der Waals surface area contributed by atoms with E-state index in [1.807, 2.05) is 0 Å². The summed E-state index contributed by atoms with van der Waals surface area (Å²) in [6.45, 7) is 4.97. The lowest BCUT2D eigenvalue weighted by atomic mass is 9.64. The molecule has 0 saturated carbocycles. The number of para-hydroxylation sites is 1. The maximum absolute atomic E-state index is 2.77. The highest BCUT2D eigenvalue weighted by atomic mass is 15.1. The number of hydrogen-bond acceptors (Lipinski definition) is 1. The summed E-state index contributed by atoms with van der Waals surface area (Å²) in [5, 5.41) is 0.982. The van der Waals surface area contributed by atoms with E-state index in [4.69, 9.17) is 0 Å². The average Bonchev–Trinajstić information content (AvgIpc) is 3.06. The van der Waals surface area contributed by atoms with Crippen molar-refractivity contribution in [3.8, 4) is 0 Å². The molecule has 0 aliphatic heterocycles. The third-order valence-electron chi connectivity index (χ3n) is 8.36. The van der Waals surface area contributed by atoms with Crippen molar-refractivity contribution in [2.45, 2.75) is 102 Å². The first kappa shape index (κ1) is 23.7. The molecule has 6 heteroatoms. The first-order valence-corrected chi connectivity index (χ1v) is 13.2. The fourth-order valence-corrected chi connectivity index (χ4v) is 6.35. The smallest absolute Gasteiger partial charge is 0.347 e. The van der Waals surface area contributed by atoms with Gasteiger partial charge in [0, 0.05) is 17.1 Å². The molecule has 0 amide bonds. The second-order valence-electron chi connectivity index (χ2n) is 12.2. The van der Waals surface area contributed by atoms with Gasteiger partial charge in [-0.3, -0.25) is 0 Å². The van der Waals surface area contributed by atoms with Crippen LogP contribution >= 0.6 is 0 Å². The van der Waals surface area contributed by atoms with Gasteiger partial charge in [-0.1, -0.05) is 68.4 Å². The number of aromatic nitrogens is 1. The normalized spacial score (nSPS) is 26.8. The highest BCUT2D eigenvalue weighted by molar-refractivity contribution is 6.54. The molecule has 2 unspecified atom stereocenters.